The predicted molar refractivity (Wildman–Crippen MR) is 394 cm³/mol. The van der Waals surface area contributed by atoms with Gasteiger partial charge in [-0.1, -0.05) is 112 Å². The fourth-order valence-electron chi connectivity index (χ4n) is 16.9. The number of hydrogen-bond donors (Lipinski definition) is 0. The van der Waals surface area contributed by atoms with Crippen molar-refractivity contribution in [2.24, 2.45) is 45.3 Å². The maximum Gasteiger partial charge on any atom is 0.376 e. The Hall–Kier alpha value is -4.38. The molecule has 9 aliphatic rings. The van der Waals surface area contributed by atoms with Gasteiger partial charge in [0, 0.05) is 59.9 Å². The molecule has 1 aliphatic heterocycles. The summed E-state index contributed by atoms with van der Waals surface area (Å²) in [6.07, 6.45) is 14.3. The fourth-order valence-corrected chi connectivity index (χ4v) is 20.9. The highest BCUT2D eigenvalue weighted by atomic mass is 127. The number of esters is 4. The summed E-state index contributed by atoms with van der Waals surface area (Å²) >= 11 is -0.0703. The number of carbonyl (C=O) groups is 4. The number of carbonyl (C=O) groups excluding carboxylic acids is 4. The molecular formula is C84H123F4IO13S+2. The van der Waals surface area contributed by atoms with Crippen molar-refractivity contribution in [2.45, 2.75) is 252 Å². The van der Waals surface area contributed by atoms with Crippen molar-refractivity contribution in [1.29, 1.82) is 0 Å². The Morgan fingerprint density at radius 3 is 1.07 bits per heavy atom. The molecule has 9 fully saturated rings. The van der Waals surface area contributed by atoms with Gasteiger partial charge in [-0.15, -0.1) is 0 Å². The molecule has 103 heavy (non-hydrogen) atoms. The van der Waals surface area contributed by atoms with Crippen molar-refractivity contribution < 1.29 is 101 Å². The minimum absolute atomic E-state index is 0.000404. The van der Waals surface area contributed by atoms with Gasteiger partial charge in [0.2, 0.25) is 0 Å². The minimum atomic E-state index is -3.46. The van der Waals surface area contributed by atoms with Gasteiger partial charge in [-0.25, -0.2) is 19.2 Å². The lowest BCUT2D eigenvalue weighted by Gasteiger charge is -2.62. The van der Waals surface area contributed by atoms with Crippen LogP contribution in [-0.2, 0) is 88.9 Å². The van der Waals surface area contributed by atoms with Crippen LogP contribution in [0.4, 0.5) is 17.6 Å². The van der Waals surface area contributed by atoms with Gasteiger partial charge in [0.15, 0.2) is 24.6 Å². The summed E-state index contributed by atoms with van der Waals surface area (Å²) in [7, 11) is 0.432. The largest absolute Gasteiger partial charge is 0.462 e. The molecule has 0 aromatic heterocycles. The zero-order valence-electron chi connectivity index (χ0n) is 64.7. The van der Waals surface area contributed by atoms with Gasteiger partial charge in [0.1, 0.15) is 11.5 Å². The molecule has 12 rings (SSSR count). The first-order chi connectivity index (χ1) is 48.1. The normalized spacial score (nSPS) is 25.5. The van der Waals surface area contributed by atoms with Crippen molar-refractivity contribution in [2.75, 3.05) is 77.6 Å². The van der Waals surface area contributed by atoms with E-state index in [9.17, 15) is 36.7 Å². The van der Waals surface area contributed by atoms with Crippen LogP contribution in [0.15, 0.2) is 102 Å². The van der Waals surface area contributed by atoms with E-state index in [0.717, 1.165) is 90.3 Å². The standard InChI is InChI=1S/2C25H38F2O6.C20H26I.C14H21OS/c2*1-17(2)21(28)31-8-6-5-7-30-18(3)32-15-24-10-19-9-20(11-24)13-25(12-19,14-24)16-33-22(29)23(4,26)27;1-19(2,3)15-7-11-17(12-8-15)21-18-13-9-16(10-14-18)20(4,5)6;1-14(2,3)12-4-6-13(7-5-12)16-10-8-15-9-11-16/h2*18-20H,1,5-16H2,2-4H3;7-14H,1-6H3;4-7H,8-11H2,1-3H3/q;;2*+1. The summed E-state index contributed by atoms with van der Waals surface area (Å²) in [4.78, 5) is 47.5. The molecule has 0 spiro atoms. The number of ether oxygens (including phenoxy) is 9. The quantitative estimate of drug-likeness (QED) is 0.00948. The van der Waals surface area contributed by atoms with Gasteiger partial charge in [-0.2, -0.15) is 17.6 Å². The third-order valence-corrected chi connectivity index (χ3v) is 26.1. The van der Waals surface area contributed by atoms with Crippen LogP contribution in [0.2, 0.25) is 0 Å². The van der Waals surface area contributed by atoms with Gasteiger partial charge in [0.05, 0.1) is 52.9 Å². The van der Waals surface area contributed by atoms with Crippen molar-refractivity contribution in [1.82, 2.24) is 0 Å². The number of unbranched alkanes of at least 4 members (excludes halogenated alkanes) is 2. The molecule has 6 atom stereocenters. The van der Waals surface area contributed by atoms with Gasteiger partial charge < -0.3 is 42.6 Å². The van der Waals surface area contributed by atoms with E-state index < -0.39 is 23.8 Å². The van der Waals surface area contributed by atoms with Crippen LogP contribution in [-0.4, -0.2) is 126 Å². The predicted octanol–water partition coefficient (Wildman–Crippen LogP) is 15.5. The summed E-state index contributed by atoms with van der Waals surface area (Å²) in [5, 5.41) is 0. The number of hydrogen-bond acceptors (Lipinski definition) is 13. The molecular weight excluding hydrogens is 1450 g/mol. The lowest BCUT2D eigenvalue weighted by molar-refractivity contribution is -0.597. The first-order valence-corrected chi connectivity index (χ1v) is 41.2. The Morgan fingerprint density at radius 1 is 0.466 bits per heavy atom. The zero-order valence-corrected chi connectivity index (χ0v) is 67.7. The second-order valence-electron chi connectivity index (χ2n) is 34.5. The molecule has 8 bridgehead atoms. The SMILES string of the molecule is C=C(C)C(=O)OCCCCOC(C)OCC12CC3CC(CC(COC(=O)C(C)(F)F)(C3)C1)C2.C=C(C)C(=O)OCCCCOC(C)OCC12CC3CC(CC(COC(=O)C(C)(F)F)(C3)C1)C2.CC(C)(C)c1ccc([I+]c2ccc(C(C)(C)C)cc2)cc1.CC(C)(C)c1ccc([S+]2CCOCC2)cc1. The molecule has 3 aromatic carbocycles. The van der Waals surface area contributed by atoms with E-state index in [2.05, 4.69) is 148 Å². The second-order valence-corrected chi connectivity index (χ2v) is 39.8. The minimum Gasteiger partial charge on any atom is -0.462 e. The number of alkyl halides is 4. The van der Waals surface area contributed by atoms with Crippen LogP contribution in [0.3, 0.4) is 0 Å². The molecule has 3 aromatic rings. The maximum atomic E-state index is 13.3. The molecule has 576 valence electrons. The van der Waals surface area contributed by atoms with Crippen LogP contribution < -0.4 is 21.2 Å². The Bertz CT molecular complexity index is 3020. The molecule has 1 heterocycles. The molecule has 1 saturated heterocycles. The summed E-state index contributed by atoms with van der Waals surface area (Å²) in [5.41, 5.74) is 5.36. The van der Waals surface area contributed by atoms with E-state index in [0.29, 0.717) is 112 Å². The monoisotopic (exact) mass is 1570 g/mol. The Balaban J connectivity index is 0.000000199. The molecule has 8 saturated carbocycles. The summed E-state index contributed by atoms with van der Waals surface area (Å²) in [6, 6.07) is 27.6. The number of benzene rings is 3. The molecule has 6 unspecified atom stereocenters. The maximum absolute atomic E-state index is 13.3. The summed E-state index contributed by atoms with van der Waals surface area (Å²) in [6.45, 7) is 40.5. The zero-order chi connectivity index (χ0) is 75.8. The van der Waals surface area contributed by atoms with Crippen molar-refractivity contribution in [3.8, 4) is 0 Å². The highest BCUT2D eigenvalue weighted by Gasteiger charge is 2.60. The van der Waals surface area contributed by atoms with Crippen LogP contribution in [0.1, 0.15) is 223 Å². The third-order valence-electron chi connectivity index (χ3n) is 21.2. The van der Waals surface area contributed by atoms with Crippen molar-refractivity contribution in [3.63, 3.8) is 0 Å². The molecule has 8 aliphatic carbocycles. The van der Waals surface area contributed by atoms with E-state index >= 15 is 0 Å². The van der Waals surface area contributed by atoms with Gasteiger partial charge in [-0.05, 0) is 234 Å². The Kier molecular flexibility index (Phi) is 31.0. The van der Waals surface area contributed by atoms with E-state index in [1.807, 2.05) is 13.8 Å². The van der Waals surface area contributed by atoms with Crippen LogP contribution in [0, 0.1) is 52.5 Å². The lowest BCUT2D eigenvalue weighted by Crippen LogP contribution is -3.61. The second kappa shape index (κ2) is 37.2. The average Bonchev–Trinajstić information content (AvgIpc) is 0.731. The number of halogens is 5. The smallest absolute Gasteiger partial charge is 0.376 e. The van der Waals surface area contributed by atoms with Gasteiger partial charge in [-0.3, -0.25) is 0 Å². The molecule has 0 radical (unpaired) electrons. The van der Waals surface area contributed by atoms with E-state index in [1.165, 1.54) is 53.1 Å². The fraction of sp³-hybridized carbons (Fsp3) is 0.690. The highest BCUT2D eigenvalue weighted by Crippen LogP contribution is 2.67. The molecule has 0 N–H and O–H groups in total. The van der Waals surface area contributed by atoms with Crippen molar-refractivity contribution >= 4 is 34.8 Å². The lowest BCUT2D eigenvalue weighted by atomic mass is 9.44. The topological polar surface area (TPSA) is 151 Å². The van der Waals surface area contributed by atoms with Crippen molar-refractivity contribution in [3.05, 3.63) is 121 Å². The Labute approximate surface area is 627 Å². The Morgan fingerprint density at radius 2 is 0.767 bits per heavy atom. The first-order valence-electron chi connectivity index (χ1n) is 37.5. The summed E-state index contributed by atoms with van der Waals surface area (Å²) in [5.74, 6) is -5.97. The van der Waals surface area contributed by atoms with Gasteiger partial charge >= 0.3 is 56.9 Å². The average molecular weight is 1580 g/mol. The molecule has 0 amide bonds. The van der Waals surface area contributed by atoms with Gasteiger partial charge in [0.25, 0.3) is 0 Å². The molecule has 13 nitrogen and oxygen atoms in total. The molecule has 19 heteroatoms. The van der Waals surface area contributed by atoms with Crippen LogP contribution in [0.5, 0.6) is 0 Å². The van der Waals surface area contributed by atoms with E-state index in [-0.39, 0.29) is 96.8 Å². The van der Waals surface area contributed by atoms with E-state index in [1.54, 1.807) is 13.8 Å². The third kappa shape index (κ3) is 27.1. The summed E-state index contributed by atoms with van der Waals surface area (Å²) < 4.78 is 105. The number of rotatable bonds is 29. The van der Waals surface area contributed by atoms with E-state index in [4.69, 9.17) is 42.6 Å². The van der Waals surface area contributed by atoms with Crippen LogP contribution >= 0.6 is 0 Å². The first kappa shape index (κ1) is 85.9. The van der Waals surface area contributed by atoms with Crippen LogP contribution in [0.25, 0.3) is 0 Å². The highest BCUT2D eigenvalue weighted by molar-refractivity contribution is 7.97.